The summed E-state index contributed by atoms with van der Waals surface area (Å²) in [6, 6.07) is 3.29. The fourth-order valence-corrected chi connectivity index (χ4v) is 3.59. The molecule has 0 radical (unpaired) electrons. The van der Waals surface area contributed by atoms with E-state index in [2.05, 4.69) is 0 Å². The lowest BCUT2D eigenvalue weighted by Crippen LogP contribution is -2.32. The van der Waals surface area contributed by atoms with E-state index in [0.29, 0.717) is 12.3 Å². The zero-order valence-electron chi connectivity index (χ0n) is 9.87. The van der Waals surface area contributed by atoms with Crippen LogP contribution in [0.25, 0.3) is 0 Å². The third kappa shape index (κ3) is 3.57. The van der Waals surface area contributed by atoms with Gasteiger partial charge in [-0.15, -0.1) is 11.6 Å². The first-order valence-electron chi connectivity index (χ1n) is 5.44. The summed E-state index contributed by atoms with van der Waals surface area (Å²) in [5.74, 6) is -0.269. The van der Waals surface area contributed by atoms with Gasteiger partial charge in [-0.05, 0) is 24.6 Å². The van der Waals surface area contributed by atoms with E-state index in [4.69, 9.17) is 23.2 Å². The van der Waals surface area contributed by atoms with Gasteiger partial charge in [0.05, 0.1) is 5.02 Å². The molecule has 1 aromatic carbocycles. The fourth-order valence-electron chi connectivity index (χ4n) is 1.50. The quantitative estimate of drug-likeness (QED) is 0.757. The molecule has 7 heteroatoms. The first kappa shape index (κ1) is 15.7. The smallest absolute Gasteiger partial charge is 0.207 e. The Balaban J connectivity index is 3.14. The number of benzene rings is 1. The van der Waals surface area contributed by atoms with Gasteiger partial charge >= 0.3 is 0 Å². The van der Waals surface area contributed by atoms with Crippen LogP contribution in [0, 0.1) is 5.82 Å². The van der Waals surface area contributed by atoms with Gasteiger partial charge in [0.15, 0.2) is 0 Å². The number of halogens is 3. The van der Waals surface area contributed by atoms with Crippen LogP contribution in [-0.4, -0.2) is 31.7 Å². The van der Waals surface area contributed by atoms with Crippen LogP contribution < -0.4 is 0 Å². The highest BCUT2D eigenvalue weighted by Crippen LogP contribution is 2.25. The molecule has 1 aromatic rings. The summed E-state index contributed by atoms with van der Waals surface area (Å²) < 4.78 is 38.9. The van der Waals surface area contributed by atoms with Crippen molar-refractivity contribution in [3.05, 3.63) is 29.0 Å². The van der Waals surface area contributed by atoms with Crippen LogP contribution in [0.15, 0.2) is 23.1 Å². The van der Waals surface area contributed by atoms with Crippen molar-refractivity contribution in [1.29, 1.82) is 0 Å². The first-order chi connectivity index (χ1) is 8.43. The average Bonchev–Trinajstić information content (AvgIpc) is 2.33. The van der Waals surface area contributed by atoms with E-state index in [1.54, 1.807) is 6.92 Å². The summed E-state index contributed by atoms with van der Waals surface area (Å²) in [5, 5.41) is 0.0146. The molecule has 0 aliphatic heterocycles. The van der Waals surface area contributed by atoms with E-state index in [0.717, 1.165) is 12.1 Å². The van der Waals surface area contributed by atoms with Crippen LogP contribution in [0.5, 0.6) is 0 Å². The molecule has 3 nitrogen and oxygen atoms in total. The number of hydrogen-bond donors (Lipinski definition) is 0. The number of sulfonamides is 1. The second-order valence-corrected chi connectivity index (χ2v) is 6.31. The van der Waals surface area contributed by atoms with Crippen molar-refractivity contribution in [2.75, 3.05) is 19.0 Å². The third-order valence-electron chi connectivity index (χ3n) is 2.40. The molecule has 18 heavy (non-hydrogen) atoms. The van der Waals surface area contributed by atoms with Crippen molar-refractivity contribution < 1.29 is 12.8 Å². The Labute approximate surface area is 117 Å². The molecular weight excluding hydrogens is 300 g/mol. The van der Waals surface area contributed by atoms with Gasteiger partial charge in [0.2, 0.25) is 10.0 Å². The van der Waals surface area contributed by atoms with E-state index < -0.39 is 15.8 Å². The standard InChI is InChI=1S/C11H14Cl2FNO2S/c1-2-15(7-3-6-12)18(16,17)11-8-9(14)4-5-10(11)13/h4-5,8H,2-3,6-7H2,1H3. The van der Waals surface area contributed by atoms with Crippen LogP contribution in [0.1, 0.15) is 13.3 Å². The first-order valence-corrected chi connectivity index (χ1v) is 7.80. The molecule has 0 heterocycles. The summed E-state index contributed by atoms with van der Waals surface area (Å²) in [7, 11) is -3.77. The van der Waals surface area contributed by atoms with Crippen LogP contribution in [0.3, 0.4) is 0 Å². The van der Waals surface area contributed by atoms with Gasteiger partial charge in [0, 0.05) is 19.0 Å². The van der Waals surface area contributed by atoms with Crippen LogP contribution in [-0.2, 0) is 10.0 Å². The van der Waals surface area contributed by atoms with E-state index in [1.165, 1.54) is 10.4 Å². The average molecular weight is 314 g/mol. The number of nitrogens with zero attached hydrogens (tertiary/aromatic N) is 1. The van der Waals surface area contributed by atoms with Gasteiger partial charge in [-0.1, -0.05) is 18.5 Å². The summed E-state index contributed by atoms with van der Waals surface area (Å²) in [4.78, 5) is -0.208. The number of hydrogen-bond acceptors (Lipinski definition) is 2. The Morgan fingerprint density at radius 1 is 1.39 bits per heavy atom. The molecule has 102 valence electrons. The summed E-state index contributed by atoms with van der Waals surface area (Å²) >= 11 is 11.4. The molecule has 0 fully saturated rings. The lowest BCUT2D eigenvalue weighted by Gasteiger charge is -2.20. The normalized spacial score (nSPS) is 12.1. The molecule has 0 spiro atoms. The Bertz CT molecular complexity index is 508. The zero-order valence-corrected chi connectivity index (χ0v) is 12.2. The summed E-state index contributed by atoms with van der Waals surface area (Å²) in [6.07, 6.45) is 0.529. The molecule has 0 saturated carbocycles. The minimum Gasteiger partial charge on any atom is -0.207 e. The van der Waals surface area contributed by atoms with Gasteiger partial charge in [-0.2, -0.15) is 4.31 Å². The molecule has 0 aromatic heterocycles. The maximum Gasteiger partial charge on any atom is 0.244 e. The molecule has 0 bridgehead atoms. The number of rotatable bonds is 6. The maximum absolute atomic E-state index is 13.1. The molecule has 0 aliphatic carbocycles. The zero-order chi connectivity index (χ0) is 13.8. The monoisotopic (exact) mass is 313 g/mol. The molecule has 0 unspecified atom stereocenters. The fraction of sp³-hybridized carbons (Fsp3) is 0.455. The molecule has 0 amide bonds. The second-order valence-electron chi connectivity index (χ2n) is 3.61. The molecular formula is C11H14Cl2FNO2S. The SMILES string of the molecule is CCN(CCCCl)S(=O)(=O)c1cc(F)ccc1Cl. The van der Waals surface area contributed by atoms with Crippen molar-refractivity contribution >= 4 is 33.2 Å². The second kappa shape index (κ2) is 6.70. The summed E-state index contributed by atoms with van der Waals surface area (Å²) in [6.45, 7) is 2.28. The molecule has 0 aliphatic rings. The van der Waals surface area contributed by atoms with Crippen molar-refractivity contribution in [3.8, 4) is 0 Å². The Morgan fingerprint density at radius 2 is 2.06 bits per heavy atom. The Morgan fingerprint density at radius 3 is 2.61 bits per heavy atom. The largest absolute Gasteiger partial charge is 0.244 e. The minimum absolute atomic E-state index is 0.0146. The van der Waals surface area contributed by atoms with Crippen molar-refractivity contribution in [2.24, 2.45) is 0 Å². The predicted molar refractivity (Wildman–Crippen MR) is 71.2 cm³/mol. The highest BCUT2D eigenvalue weighted by molar-refractivity contribution is 7.89. The lowest BCUT2D eigenvalue weighted by atomic mass is 10.3. The molecule has 1 rings (SSSR count). The third-order valence-corrected chi connectivity index (χ3v) is 5.13. The van der Waals surface area contributed by atoms with Crippen molar-refractivity contribution in [2.45, 2.75) is 18.2 Å². The topological polar surface area (TPSA) is 37.4 Å². The van der Waals surface area contributed by atoms with E-state index in [-0.39, 0.29) is 23.0 Å². The van der Waals surface area contributed by atoms with Gasteiger partial charge in [0.25, 0.3) is 0 Å². The van der Waals surface area contributed by atoms with Gasteiger partial charge in [0.1, 0.15) is 10.7 Å². The van der Waals surface area contributed by atoms with E-state index in [9.17, 15) is 12.8 Å². The minimum atomic E-state index is -3.77. The van der Waals surface area contributed by atoms with Crippen LogP contribution in [0.2, 0.25) is 5.02 Å². The molecule has 0 N–H and O–H groups in total. The number of alkyl halides is 1. The highest BCUT2D eigenvalue weighted by Gasteiger charge is 2.25. The van der Waals surface area contributed by atoms with Crippen molar-refractivity contribution in [1.82, 2.24) is 4.31 Å². The Hall–Kier alpha value is -0.360. The molecule has 0 atom stereocenters. The summed E-state index contributed by atoms with van der Waals surface area (Å²) in [5.41, 5.74) is 0. The van der Waals surface area contributed by atoms with E-state index >= 15 is 0 Å². The van der Waals surface area contributed by atoms with Crippen LogP contribution in [0.4, 0.5) is 4.39 Å². The van der Waals surface area contributed by atoms with Crippen LogP contribution >= 0.6 is 23.2 Å². The lowest BCUT2D eigenvalue weighted by molar-refractivity contribution is 0.427. The maximum atomic E-state index is 13.1. The molecule has 0 saturated heterocycles. The van der Waals surface area contributed by atoms with Gasteiger partial charge < -0.3 is 0 Å². The van der Waals surface area contributed by atoms with Crippen molar-refractivity contribution in [3.63, 3.8) is 0 Å². The predicted octanol–water partition coefficient (Wildman–Crippen LogP) is 3.12. The Kier molecular flexibility index (Phi) is 5.85. The van der Waals surface area contributed by atoms with Gasteiger partial charge in [-0.25, -0.2) is 12.8 Å². The van der Waals surface area contributed by atoms with Gasteiger partial charge in [-0.3, -0.25) is 0 Å². The highest BCUT2D eigenvalue weighted by atomic mass is 35.5. The van der Waals surface area contributed by atoms with E-state index in [1.807, 2.05) is 0 Å².